The minimum Gasteiger partial charge on any atom is -0.271 e. The molecule has 1 aliphatic heterocycles. The van der Waals surface area contributed by atoms with E-state index in [2.05, 4.69) is 5.43 Å². The number of aryl methyl sites for hydroxylation is 1. The first-order valence-electron chi connectivity index (χ1n) is 6.71. The third kappa shape index (κ3) is 2.83. The first-order chi connectivity index (χ1) is 8.97. The summed E-state index contributed by atoms with van der Waals surface area (Å²) in [5.74, 6) is 5.94. The standard InChI is InChI=1S/C14H22N2O2S/c1-10-6-5-7-12(11(10)2)14(16-15)13-8-3-4-9-19(13,17)18/h5-7,13-14,16H,3-4,8-9,15H2,1-2H3. The summed E-state index contributed by atoms with van der Waals surface area (Å²) >= 11 is 0. The van der Waals surface area contributed by atoms with Gasteiger partial charge < -0.3 is 0 Å². The molecule has 4 nitrogen and oxygen atoms in total. The fraction of sp³-hybridized carbons (Fsp3) is 0.571. The predicted octanol–water partition coefficient (Wildman–Crippen LogP) is 1.78. The third-order valence-electron chi connectivity index (χ3n) is 4.16. The van der Waals surface area contributed by atoms with Crippen LogP contribution in [-0.2, 0) is 9.84 Å². The second-order valence-corrected chi connectivity index (χ2v) is 7.67. The van der Waals surface area contributed by atoms with E-state index in [1.807, 2.05) is 32.0 Å². The SMILES string of the molecule is Cc1cccc(C(NN)C2CCCCS2(=O)=O)c1C. The van der Waals surface area contributed by atoms with Gasteiger partial charge in [0.25, 0.3) is 0 Å². The highest BCUT2D eigenvalue weighted by Crippen LogP contribution is 2.32. The van der Waals surface area contributed by atoms with Gasteiger partial charge in [-0.05, 0) is 43.4 Å². The molecule has 0 spiro atoms. The number of rotatable bonds is 3. The van der Waals surface area contributed by atoms with E-state index in [1.165, 1.54) is 0 Å². The van der Waals surface area contributed by atoms with Crippen molar-refractivity contribution in [1.82, 2.24) is 5.43 Å². The zero-order chi connectivity index (χ0) is 14.0. The monoisotopic (exact) mass is 282 g/mol. The van der Waals surface area contributed by atoms with Crippen molar-refractivity contribution in [1.29, 1.82) is 0 Å². The van der Waals surface area contributed by atoms with Crippen LogP contribution in [0.4, 0.5) is 0 Å². The van der Waals surface area contributed by atoms with E-state index in [-0.39, 0.29) is 11.8 Å². The highest BCUT2D eigenvalue weighted by molar-refractivity contribution is 7.92. The number of benzene rings is 1. The van der Waals surface area contributed by atoms with Crippen LogP contribution in [0.3, 0.4) is 0 Å². The normalized spacial score (nSPS) is 24.1. The Morgan fingerprint density at radius 1 is 1.32 bits per heavy atom. The molecule has 5 heteroatoms. The Labute approximate surface area is 115 Å². The Morgan fingerprint density at radius 3 is 2.68 bits per heavy atom. The summed E-state index contributed by atoms with van der Waals surface area (Å²) in [6, 6.07) is 5.64. The van der Waals surface area contributed by atoms with Gasteiger partial charge in [-0.15, -0.1) is 0 Å². The molecule has 3 N–H and O–H groups in total. The van der Waals surface area contributed by atoms with Gasteiger partial charge in [-0.3, -0.25) is 11.3 Å². The van der Waals surface area contributed by atoms with Gasteiger partial charge >= 0.3 is 0 Å². The molecule has 1 aliphatic rings. The molecule has 2 rings (SSSR count). The summed E-state index contributed by atoms with van der Waals surface area (Å²) in [4.78, 5) is 0. The first-order valence-corrected chi connectivity index (χ1v) is 8.42. The Hall–Kier alpha value is -0.910. The van der Waals surface area contributed by atoms with E-state index in [4.69, 9.17) is 5.84 Å². The lowest BCUT2D eigenvalue weighted by Crippen LogP contribution is -2.43. The van der Waals surface area contributed by atoms with Gasteiger partial charge in [-0.25, -0.2) is 8.42 Å². The van der Waals surface area contributed by atoms with E-state index in [0.717, 1.165) is 29.5 Å². The molecule has 2 unspecified atom stereocenters. The fourth-order valence-electron chi connectivity index (χ4n) is 2.86. The molecule has 0 saturated carbocycles. The minimum atomic E-state index is -3.06. The Bertz CT molecular complexity index is 555. The van der Waals surface area contributed by atoms with Crippen LogP contribution in [0, 0.1) is 13.8 Å². The second-order valence-electron chi connectivity index (χ2n) is 5.33. The van der Waals surface area contributed by atoms with Crippen molar-refractivity contribution in [3.05, 3.63) is 34.9 Å². The molecule has 106 valence electrons. The van der Waals surface area contributed by atoms with Gasteiger partial charge in [0.2, 0.25) is 0 Å². The van der Waals surface area contributed by atoms with E-state index in [0.29, 0.717) is 6.42 Å². The number of nitrogens with two attached hydrogens (primary N) is 1. The molecule has 0 bridgehead atoms. The van der Waals surface area contributed by atoms with E-state index in [9.17, 15) is 8.42 Å². The van der Waals surface area contributed by atoms with Crippen molar-refractivity contribution in [2.24, 2.45) is 5.84 Å². The summed E-state index contributed by atoms with van der Waals surface area (Å²) < 4.78 is 24.5. The van der Waals surface area contributed by atoms with E-state index >= 15 is 0 Å². The minimum absolute atomic E-state index is 0.278. The number of nitrogens with one attached hydrogen (secondary N) is 1. The van der Waals surface area contributed by atoms with Crippen molar-refractivity contribution in [2.75, 3.05) is 5.75 Å². The van der Waals surface area contributed by atoms with Crippen molar-refractivity contribution >= 4 is 9.84 Å². The summed E-state index contributed by atoms with van der Waals surface area (Å²) in [6.07, 6.45) is 2.40. The summed E-state index contributed by atoms with van der Waals surface area (Å²) in [7, 11) is -3.06. The van der Waals surface area contributed by atoms with Gasteiger partial charge in [-0.1, -0.05) is 24.6 Å². The molecule has 19 heavy (non-hydrogen) atoms. The number of hydrogen-bond donors (Lipinski definition) is 2. The van der Waals surface area contributed by atoms with Crippen LogP contribution in [0.1, 0.15) is 42.0 Å². The topological polar surface area (TPSA) is 72.2 Å². The van der Waals surface area contributed by atoms with Crippen LogP contribution in [-0.4, -0.2) is 19.4 Å². The largest absolute Gasteiger partial charge is 0.271 e. The molecule has 2 atom stereocenters. The highest BCUT2D eigenvalue weighted by atomic mass is 32.2. The quantitative estimate of drug-likeness (QED) is 0.655. The van der Waals surface area contributed by atoms with Crippen molar-refractivity contribution in [3.63, 3.8) is 0 Å². The average Bonchev–Trinajstić information content (AvgIpc) is 2.37. The van der Waals surface area contributed by atoms with Crippen LogP contribution in [0.15, 0.2) is 18.2 Å². The lowest BCUT2D eigenvalue weighted by molar-refractivity contribution is 0.452. The van der Waals surface area contributed by atoms with Crippen molar-refractivity contribution in [3.8, 4) is 0 Å². The maximum atomic E-state index is 12.3. The van der Waals surface area contributed by atoms with Crippen molar-refractivity contribution < 1.29 is 8.42 Å². The van der Waals surface area contributed by atoms with Crippen LogP contribution < -0.4 is 11.3 Å². The maximum absolute atomic E-state index is 12.3. The van der Waals surface area contributed by atoms with Gasteiger partial charge in [0.1, 0.15) is 0 Å². The van der Waals surface area contributed by atoms with Crippen LogP contribution in [0.2, 0.25) is 0 Å². The lowest BCUT2D eigenvalue weighted by atomic mass is 9.94. The zero-order valence-electron chi connectivity index (χ0n) is 11.5. The molecule has 1 aromatic carbocycles. The maximum Gasteiger partial charge on any atom is 0.155 e. The number of hydrogen-bond acceptors (Lipinski definition) is 4. The third-order valence-corrected chi connectivity index (χ3v) is 6.45. The van der Waals surface area contributed by atoms with E-state index < -0.39 is 15.1 Å². The Morgan fingerprint density at radius 2 is 2.05 bits per heavy atom. The predicted molar refractivity (Wildman–Crippen MR) is 77.4 cm³/mol. The lowest BCUT2D eigenvalue weighted by Gasteiger charge is -2.31. The van der Waals surface area contributed by atoms with Crippen LogP contribution in [0.25, 0.3) is 0 Å². The molecular weight excluding hydrogens is 260 g/mol. The highest BCUT2D eigenvalue weighted by Gasteiger charge is 2.36. The molecule has 1 heterocycles. The summed E-state index contributed by atoms with van der Waals surface area (Å²) in [6.45, 7) is 4.05. The zero-order valence-corrected chi connectivity index (χ0v) is 12.3. The molecule has 0 radical (unpaired) electrons. The molecule has 1 aromatic rings. The fourth-order valence-corrected chi connectivity index (χ4v) is 4.94. The Balaban J connectivity index is 2.42. The Kier molecular flexibility index (Phi) is 4.28. The number of hydrazine groups is 1. The molecule has 1 fully saturated rings. The van der Waals surface area contributed by atoms with Crippen LogP contribution >= 0.6 is 0 Å². The molecule has 0 aliphatic carbocycles. The molecule has 0 aromatic heterocycles. The molecular formula is C14H22N2O2S. The summed E-state index contributed by atoms with van der Waals surface area (Å²) in [5, 5.41) is -0.410. The second kappa shape index (κ2) is 5.61. The number of sulfone groups is 1. The van der Waals surface area contributed by atoms with Crippen LogP contribution in [0.5, 0.6) is 0 Å². The van der Waals surface area contributed by atoms with Gasteiger partial charge in [0.15, 0.2) is 9.84 Å². The molecule has 1 saturated heterocycles. The summed E-state index contributed by atoms with van der Waals surface area (Å²) in [5.41, 5.74) is 6.01. The van der Waals surface area contributed by atoms with Gasteiger partial charge in [0.05, 0.1) is 17.0 Å². The first kappa shape index (κ1) is 14.5. The molecule has 0 amide bonds. The van der Waals surface area contributed by atoms with Gasteiger partial charge in [-0.2, -0.15) is 0 Å². The van der Waals surface area contributed by atoms with E-state index in [1.54, 1.807) is 0 Å². The van der Waals surface area contributed by atoms with Gasteiger partial charge in [0, 0.05) is 0 Å². The smallest absolute Gasteiger partial charge is 0.155 e. The van der Waals surface area contributed by atoms with Crippen molar-refractivity contribution in [2.45, 2.75) is 44.4 Å². The average molecular weight is 282 g/mol.